The second-order valence-corrected chi connectivity index (χ2v) is 6.41. The van der Waals surface area contributed by atoms with Gasteiger partial charge in [-0.15, -0.1) is 0 Å². The molecular weight excluding hydrogens is 346 g/mol. The summed E-state index contributed by atoms with van der Waals surface area (Å²) in [5, 5.41) is 19.6. The van der Waals surface area contributed by atoms with Crippen LogP contribution >= 0.6 is 0 Å². The monoisotopic (exact) mass is 365 g/mol. The van der Waals surface area contributed by atoms with E-state index < -0.39 is 11.9 Å². The average molecular weight is 365 g/mol. The lowest BCUT2D eigenvalue weighted by molar-refractivity contribution is -0.139. The molecule has 1 atom stereocenters. The first-order valence-corrected chi connectivity index (χ1v) is 8.52. The molecule has 27 heavy (non-hydrogen) atoms. The first-order valence-electron chi connectivity index (χ1n) is 8.52. The van der Waals surface area contributed by atoms with Crippen molar-refractivity contribution < 1.29 is 14.7 Å². The number of carboxylic acids is 1. The predicted molar refractivity (Wildman–Crippen MR) is 102 cm³/mol. The number of aromatic amines is 1. The Morgan fingerprint density at radius 3 is 2.63 bits per heavy atom. The SMILES string of the molecule is CC(CC(=O)O)C(=O)Nc1cccc(Cc2n[nH]c(=O)c3ccccc23)c1. The molecule has 1 heterocycles. The van der Waals surface area contributed by atoms with Gasteiger partial charge in [0.1, 0.15) is 0 Å². The number of amides is 1. The summed E-state index contributed by atoms with van der Waals surface area (Å²) in [5.74, 6) is -1.99. The third-order valence-electron chi connectivity index (χ3n) is 4.27. The molecule has 0 radical (unpaired) electrons. The van der Waals surface area contributed by atoms with Gasteiger partial charge in [-0.25, -0.2) is 5.10 Å². The zero-order valence-corrected chi connectivity index (χ0v) is 14.7. The molecule has 138 valence electrons. The molecule has 0 aliphatic carbocycles. The summed E-state index contributed by atoms with van der Waals surface area (Å²) in [4.78, 5) is 34.7. The van der Waals surface area contributed by atoms with Crippen molar-refractivity contribution in [1.82, 2.24) is 10.2 Å². The van der Waals surface area contributed by atoms with Gasteiger partial charge in [-0.05, 0) is 23.8 Å². The molecule has 1 amide bonds. The fourth-order valence-corrected chi connectivity index (χ4v) is 2.88. The Balaban J connectivity index is 1.81. The van der Waals surface area contributed by atoms with Gasteiger partial charge in [0, 0.05) is 23.4 Å². The number of nitrogens with one attached hydrogen (secondary N) is 2. The second kappa shape index (κ2) is 7.82. The summed E-state index contributed by atoms with van der Waals surface area (Å²) in [5.41, 5.74) is 1.99. The van der Waals surface area contributed by atoms with Crippen molar-refractivity contribution in [2.75, 3.05) is 5.32 Å². The number of benzene rings is 2. The number of rotatable bonds is 6. The van der Waals surface area contributed by atoms with Crippen LogP contribution in [0.5, 0.6) is 0 Å². The highest BCUT2D eigenvalue weighted by atomic mass is 16.4. The molecule has 1 unspecified atom stereocenters. The van der Waals surface area contributed by atoms with Gasteiger partial charge in [-0.3, -0.25) is 14.4 Å². The van der Waals surface area contributed by atoms with Gasteiger partial charge >= 0.3 is 5.97 Å². The van der Waals surface area contributed by atoms with Crippen molar-refractivity contribution >= 4 is 28.3 Å². The van der Waals surface area contributed by atoms with E-state index in [1.165, 1.54) is 0 Å². The van der Waals surface area contributed by atoms with E-state index in [9.17, 15) is 14.4 Å². The summed E-state index contributed by atoms with van der Waals surface area (Å²) in [6.45, 7) is 1.57. The number of carboxylic acid groups (broad SMARTS) is 1. The number of fused-ring (bicyclic) bond motifs is 1. The molecule has 0 saturated heterocycles. The minimum atomic E-state index is -1.01. The van der Waals surface area contributed by atoms with E-state index in [1.807, 2.05) is 24.3 Å². The Kier molecular flexibility index (Phi) is 5.30. The largest absolute Gasteiger partial charge is 0.481 e. The molecule has 0 bridgehead atoms. The predicted octanol–water partition coefficient (Wildman–Crippen LogP) is 2.56. The number of carbonyl (C=O) groups is 2. The Labute approximate surface area is 155 Å². The summed E-state index contributed by atoms with van der Waals surface area (Å²) in [6, 6.07) is 14.5. The Bertz CT molecular complexity index is 1060. The van der Waals surface area contributed by atoms with Gasteiger partial charge in [-0.2, -0.15) is 5.10 Å². The molecule has 3 aromatic rings. The lowest BCUT2D eigenvalue weighted by Gasteiger charge is -2.11. The molecule has 3 rings (SSSR count). The topological polar surface area (TPSA) is 112 Å². The number of H-pyrrole nitrogens is 1. The third-order valence-corrected chi connectivity index (χ3v) is 4.27. The van der Waals surface area contributed by atoms with Crippen LogP contribution in [0.2, 0.25) is 0 Å². The molecule has 2 aromatic carbocycles. The number of aromatic nitrogens is 2. The van der Waals surface area contributed by atoms with Crippen molar-refractivity contribution in [1.29, 1.82) is 0 Å². The zero-order valence-electron chi connectivity index (χ0n) is 14.7. The average Bonchev–Trinajstić information content (AvgIpc) is 2.64. The summed E-state index contributed by atoms with van der Waals surface area (Å²) in [7, 11) is 0. The highest BCUT2D eigenvalue weighted by molar-refractivity contribution is 5.94. The minimum absolute atomic E-state index is 0.223. The number of hydrogen-bond donors (Lipinski definition) is 3. The summed E-state index contributed by atoms with van der Waals surface area (Å²) in [6.07, 6.45) is 0.254. The minimum Gasteiger partial charge on any atom is -0.481 e. The highest BCUT2D eigenvalue weighted by Gasteiger charge is 2.16. The molecule has 0 saturated carbocycles. The van der Waals surface area contributed by atoms with E-state index in [-0.39, 0.29) is 17.9 Å². The lowest BCUT2D eigenvalue weighted by atomic mass is 10.0. The van der Waals surface area contributed by atoms with Crippen LogP contribution in [-0.2, 0) is 16.0 Å². The molecule has 0 fully saturated rings. The molecule has 0 spiro atoms. The van der Waals surface area contributed by atoms with E-state index in [0.717, 1.165) is 16.6 Å². The summed E-state index contributed by atoms with van der Waals surface area (Å²) < 4.78 is 0. The van der Waals surface area contributed by atoms with E-state index in [0.29, 0.717) is 17.5 Å². The first kappa shape index (κ1) is 18.3. The van der Waals surface area contributed by atoms with Gasteiger partial charge in [0.2, 0.25) is 5.91 Å². The van der Waals surface area contributed by atoms with Crippen LogP contribution in [0, 0.1) is 5.92 Å². The first-order chi connectivity index (χ1) is 12.9. The van der Waals surface area contributed by atoms with Gasteiger partial charge in [0.25, 0.3) is 5.56 Å². The Morgan fingerprint density at radius 2 is 1.89 bits per heavy atom. The Hall–Kier alpha value is -3.48. The maximum absolute atomic E-state index is 12.1. The van der Waals surface area contributed by atoms with E-state index in [2.05, 4.69) is 15.5 Å². The van der Waals surface area contributed by atoms with E-state index in [1.54, 1.807) is 31.2 Å². The fraction of sp³-hybridized carbons (Fsp3) is 0.200. The van der Waals surface area contributed by atoms with Crippen LogP contribution < -0.4 is 10.9 Å². The zero-order chi connectivity index (χ0) is 19.4. The molecular formula is C20H19N3O4. The van der Waals surface area contributed by atoms with Crippen molar-refractivity contribution in [3.05, 3.63) is 70.1 Å². The molecule has 0 aliphatic rings. The van der Waals surface area contributed by atoms with Gasteiger partial charge in [0.05, 0.1) is 17.5 Å². The lowest BCUT2D eigenvalue weighted by Crippen LogP contribution is -2.22. The number of carbonyl (C=O) groups excluding carboxylic acids is 1. The molecule has 7 heteroatoms. The quantitative estimate of drug-likeness (QED) is 0.621. The highest BCUT2D eigenvalue weighted by Crippen LogP contribution is 2.19. The standard InChI is InChI=1S/C20H19N3O4/c1-12(9-18(24)25)19(26)21-14-6-4-5-13(10-14)11-17-15-7-2-3-8-16(15)20(27)23-22-17/h2-8,10,12H,9,11H2,1H3,(H,21,26)(H,23,27)(H,24,25). The van der Waals surface area contributed by atoms with Gasteiger partial charge in [0.15, 0.2) is 0 Å². The normalized spacial score (nSPS) is 11.9. The number of nitrogens with zero attached hydrogens (tertiary/aromatic N) is 1. The smallest absolute Gasteiger partial charge is 0.304 e. The maximum Gasteiger partial charge on any atom is 0.304 e. The summed E-state index contributed by atoms with van der Waals surface area (Å²) >= 11 is 0. The fourth-order valence-electron chi connectivity index (χ4n) is 2.88. The van der Waals surface area contributed by atoms with Crippen LogP contribution in [0.1, 0.15) is 24.6 Å². The number of hydrogen-bond acceptors (Lipinski definition) is 4. The Morgan fingerprint density at radius 1 is 1.15 bits per heavy atom. The molecule has 1 aromatic heterocycles. The van der Waals surface area contributed by atoms with E-state index >= 15 is 0 Å². The second-order valence-electron chi connectivity index (χ2n) is 6.41. The maximum atomic E-state index is 12.1. The van der Waals surface area contributed by atoms with Crippen LogP contribution in [0.4, 0.5) is 5.69 Å². The molecule has 0 aliphatic heterocycles. The van der Waals surface area contributed by atoms with Crippen LogP contribution in [0.25, 0.3) is 10.8 Å². The van der Waals surface area contributed by atoms with Crippen molar-refractivity contribution in [3.8, 4) is 0 Å². The van der Waals surface area contributed by atoms with Crippen molar-refractivity contribution in [2.24, 2.45) is 5.92 Å². The number of anilines is 1. The van der Waals surface area contributed by atoms with Crippen LogP contribution in [-0.4, -0.2) is 27.2 Å². The molecule has 3 N–H and O–H groups in total. The van der Waals surface area contributed by atoms with Crippen molar-refractivity contribution in [2.45, 2.75) is 19.8 Å². The molecule has 7 nitrogen and oxygen atoms in total. The number of aliphatic carboxylic acids is 1. The van der Waals surface area contributed by atoms with Gasteiger partial charge in [-0.1, -0.05) is 37.3 Å². The van der Waals surface area contributed by atoms with E-state index in [4.69, 9.17) is 5.11 Å². The van der Waals surface area contributed by atoms with Crippen LogP contribution in [0.3, 0.4) is 0 Å². The van der Waals surface area contributed by atoms with Crippen molar-refractivity contribution in [3.63, 3.8) is 0 Å². The van der Waals surface area contributed by atoms with Gasteiger partial charge < -0.3 is 10.4 Å². The third kappa shape index (κ3) is 4.38. The van der Waals surface area contributed by atoms with Crippen LogP contribution in [0.15, 0.2) is 53.3 Å².